The number of halogens is 3. The Kier molecular flexibility index (Phi) is 47.1. The van der Waals surface area contributed by atoms with Crippen molar-refractivity contribution in [3.8, 4) is 0 Å². The van der Waals surface area contributed by atoms with Crippen LogP contribution in [0.1, 0.15) is 39.0 Å². The maximum absolute atomic E-state index is 2.26. The van der Waals surface area contributed by atoms with E-state index in [0.717, 1.165) is 0 Å². The van der Waals surface area contributed by atoms with Crippen molar-refractivity contribution < 1.29 is 37.2 Å². The van der Waals surface area contributed by atoms with E-state index in [9.17, 15) is 0 Å². The molecule has 11 heavy (non-hydrogen) atoms. The summed E-state index contributed by atoms with van der Waals surface area (Å²) in [6.07, 6.45) is 7.22. The van der Waals surface area contributed by atoms with Crippen molar-refractivity contribution >= 4 is 22.5 Å². The molecule has 0 saturated carbocycles. The van der Waals surface area contributed by atoms with Crippen molar-refractivity contribution in [3.05, 3.63) is 0 Å². The average molecular weight is 324 g/mol. The Balaban J connectivity index is -0.0000000817. The fourth-order valence-corrected chi connectivity index (χ4v) is 1.44. The van der Waals surface area contributed by atoms with Gasteiger partial charge in [-0.3, -0.25) is 0 Å². The predicted octanol–water partition coefficient (Wildman–Crippen LogP) is -6.44. The van der Waals surface area contributed by atoms with Crippen molar-refractivity contribution in [1.82, 2.24) is 0 Å². The molecule has 0 nitrogen and oxygen atoms in total. The van der Waals surface area contributed by atoms with Gasteiger partial charge in [-0.15, -0.1) is 0 Å². The van der Waals surface area contributed by atoms with E-state index in [1.54, 1.807) is 22.5 Å². The first kappa shape index (κ1) is 23.0. The Labute approximate surface area is 103 Å². The number of rotatable bonds is 5. The van der Waals surface area contributed by atoms with E-state index < -0.39 is 0 Å². The molecule has 0 aliphatic carbocycles. The molecule has 0 rings (SSSR count). The molecule has 0 N–H and O–H groups in total. The van der Waals surface area contributed by atoms with Crippen LogP contribution in [0.4, 0.5) is 0 Å². The molecule has 0 aromatic carbocycles. The Bertz CT molecular complexity index is 38.7. The second-order valence-corrected chi connectivity index (χ2v) is 3.59. The Morgan fingerprint density at radius 3 is 1.64 bits per heavy atom. The van der Waals surface area contributed by atoms with E-state index in [0.29, 0.717) is 0 Å². The molecule has 0 unspecified atom stereocenters. The van der Waals surface area contributed by atoms with Crippen LogP contribution in [-0.2, 0) is 0 Å². The smallest absolute Gasteiger partial charge is 1.00 e. The number of unbranched alkanes of at least 4 members (excludes halogenated alkanes) is 4. The van der Waals surface area contributed by atoms with E-state index in [1.165, 1.54) is 36.5 Å². The van der Waals surface area contributed by atoms with Crippen molar-refractivity contribution in [2.75, 3.05) is 0 Å². The first-order valence-corrected chi connectivity index (χ1v) is 5.58. The molecule has 0 fully saturated rings. The van der Waals surface area contributed by atoms with Gasteiger partial charge in [0.05, 0.1) is 0 Å². The third-order valence-electron chi connectivity index (χ3n) is 1.28. The summed E-state index contributed by atoms with van der Waals surface area (Å²) >= 11 is 1.71. The van der Waals surface area contributed by atoms with E-state index in [1.807, 2.05) is 0 Å². The van der Waals surface area contributed by atoms with Gasteiger partial charge in [0.15, 0.2) is 0 Å². The van der Waals surface area contributed by atoms with E-state index in [4.69, 9.17) is 0 Å². The van der Waals surface area contributed by atoms with Crippen LogP contribution < -0.4 is 37.2 Å². The van der Waals surface area contributed by atoms with Crippen LogP contribution in [0.2, 0.25) is 4.44 Å². The minimum Gasteiger partial charge on any atom is -1.00 e. The Morgan fingerprint density at radius 1 is 0.818 bits per heavy atom. The quantitative estimate of drug-likeness (QED) is 0.349. The van der Waals surface area contributed by atoms with Crippen LogP contribution in [0.25, 0.3) is 0 Å². The maximum atomic E-state index is 2.26. The zero-order chi connectivity index (χ0) is 6.24. The van der Waals surface area contributed by atoms with Gasteiger partial charge >= 0.3 is 66.0 Å². The monoisotopic (exact) mass is 324 g/mol. The molecule has 0 radical (unpaired) electrons. The molecule has 0 aliphatic rings. The van der Waals surface area contributed by atoms with Crippen LogP contribution in [-0.4, -0.2) is 22.5 Å². The first-order chi connectivity index (χ1) is 3.91. The summed E-state index contributed by atoms with van der Waals surface area (Å²) in [5.41, 5.74) is 0. The van der Waals surface area contributed by atoms with Crippen molar-refractivity contribution in [3.63, 3.8) is 0 Å². The van der Waals surface area contributed by atoms with Crippen molar-refractivity contribution in [1.29, 1.82) is 0 Å². The van der Waals surface area contributed by atoms with Crippen LogP contribution in [0.15, 0.2) is 0 Å². The molecular weight excluding hydrogens is 309 g/mol. The van der Waals surface area contributed by atoms with Crippen LogP contribution >= 0.6 is 0 Å². The van der Waals surface area contributed by atoms with Gasteiger partial charge in [-0.25, -0.2) is 0 Å². The molecule has 0 atom stereocenters. The third-order valence-corrected chi connectivity index (χ3v) is 2.29. The van der Waals surface area contributed by atoms with E-state index in [-0.39, 0.29) is 37.2 Å². The molecule has 0 aromatic rings. The van der Waals surface area contributed by atoms with Crippen molar-refractivity contribution in [2.45, 2.75) is 43.5 Å². The fourth-order valence-electron chi connectivity index (χ4n) is 0.729. The molecule has 0 aliphatic heterocycles. The van der Waals surface area contributed by atoms with Gasteiger partial charge in [0, 0.05) is 0 Å². The normalized spacial score (nSPS) is 7.18. The van der Waals surface area contributed by atoms with E-state index in [2.05, 4.69) is 6.92 Å². The molecule has 0 bridgehead atoms. The molecule has 0 heterocycles. The van der Waals surface area contributed by atoms with E-state index >= 15 is 0 Å². The zero-order valence-corrected chi connectivity index (χ0v) is 12.0. The molecule has 0 amide bonds. The molecule has 0 saturated heterocycles. The van der Waals surface area contributed by atoms with Gasteiger partial charge in [-0.05, 0) is 0 Å². The maximum Gasteiger partial charge on any atom is -1.00 e. The van der Waals surface area contributed by atoms with Crippen LogP contribution in [0.5, 0.6) is 0 Å². The number of hydrogen-bond donors (Lipinski definition) is 0. The molecule has 4 heteroatoms. The topological polar surface area (TPSA) is 0 Å². The minimum atomic E-state index is 0. The van der Waals surface area contributed by atoms with Gasteiger partial charge in [-0.1, -0.05) is 0 Å². The average Bonchev–Trinajstić information content (AvgIpc) is 1.81. The van der Waals surface area contributed by atoms with Crippen LogP contribution in [0.3, 0.4) is 0 Å². The van der Waals surface area contributed by atoms with Gasteiger partial charge in [0.25, 0.3) is 0 Å². The first-order valence-electron chi connectivity index (χ1n) is 3.56. The Morgan fingerprint density at radius 2 is 1.27 bits per heavy atom. The largest absolute Gasteiger partial charge is 1.00 e. The molecule has 68 valence electrons. The van der Waals surface area contributed by atoms with Crippen LogP contribution in [0, 0.1) is 0 Å². The zero-order valence-electron chi connectivity index (χ0n) is 6.88. The van der Waals surface area contributed by atoms with Gasteiger partial charge in [-0.2, -0.15) is 0 Å². The number of hydrogen-bond acceptors (Lipinski definition) is 0. The van der Waals surface area contributed by atoms with Gasteiger partial charge in [0.2, 0.25) is 0 Å². The fraction of sp³-hybridized carbons (Fsp3) is 1.00. The molecule has 0 aromatic heterocycles. The van der Waals surface area contributed by atoms with Gasteiger partial charge in [0.1, 0.15) is 0 Å². The van der Waals surface area contributed by atoms with Crippen molar-refractivity contribution in [2.24, 2.45) is 0 Å². The second-order valence-electron chi connectivity index (χ2n) is 2.16. The summed E-state index contributed by atoms with van der Waals surface area (Å²) in [7, 11) is 0. The summed E-state index contributed by atoms with van der Waals surface area (Å²) in [6, 6.07) is 0. The summed E-state index contributed by atoms with van der Waals surface area (Å²) in [6.45, 7) is 2.26. The van der Waals surface area contributed by atoms with Gasteiger partial charge < -0.3 is 37.2 Å². The summed E-state index contributed by atoms with van der Waals surface area (Å²) in [5, 5.41) is 0. The molecular formula is C7H15Cl3Sn. The summed E-state index contributed by atoms with van der Waals surface area (Å²) in [4.78, 5) is 0. The molecule has 0 spiro atoms. The summed E-state index contributed by atoms with van der Waals surface area (Å²) < 4.78 is 1.45. The summed E-state index contributed by atoms with van der Waals surface area (Å²) in [5.74, 6) is 0. The standard InChI is InChI=1S/C7H15.3ClH.Sn/c1-3-5-7-6-4-2;;;;/h1,3-7H2,2H3;3*1H;/q;;;;+3/p-3. The second kappa shape index (κ2) is 22.6. The predicted molar refractivity (Wildman–Crippen MR) is 39.3 cm³/mol. The third kappa shape index (κ3) is 24.5. The SMILES string of the molecule is CCCCCC[CH2][Sn+3].[Cl-].[Cl-].[Cl-]. The Hall–Kier alpha value is 1.67. The minimum absolute atomic E-state index is 0.